The highest BCUT2D eigenvalue weighted by Gasteiger charge is 2.45. The van der Waals surface area contributed by atoms with Crippen LogP contribution in [0.25, 0.3) is 11.5 Å². The Balaban J connectivity index is 1.81. The van der Waals surface area contributed by atoms with E-state index < -0.39 is 17.7 Å². The number of nitrogens with zero attached hydrogens (tertiary/aromatic N) is 1. The van der Waals surface area contributed by atoms with Crippen LogP contribution in [0.4, 0.5) is 14.5 Å². The molecule has 0 unspecified atom stereocenters. The monoisotopic (exact) mass is 334 g/mol. The summed E-state index contributed by atoms with van der Waals surface area (Å²) in [4.78, 5) is 16.6. The minimum absolute atomic E-state index is 0.219. The van der Waals surface area contributed by atoms with Gasteiger partial charge >= 0.3 is 0 Å². The maximum atomic E-state index is 13.9. The first kappa shape index (κ1) is 16.6. The number of amides is 1. The van der Waals surface area contributed by atoms with Crippen LogP contribution in [-0.2, 0) is 4.79 Å². The van der Waals surface area contributed by atoms with E-state index in [9.17, 15) is 13.6 Å². The molecule has 0 radical (unpaired) electrons. The summed E-state index contributed by atoms with van der Waals surface area (Å²) in [6, 6.07) is 5.22. The van der Waals surface area contributed by atoms with Gasteiger partial charge in [-0.3, -0.25) is 4.79 Å². The van der Waals surface area contributed by atoms with Crippen LogP contribution in [0.5, 0.6) is 0 Å². The minimum atomic E-state index is -2.93. The van der Waals surface area contributed by atoms with E-state index in [1.807, 2.05) is 19.9 Å². The van der Waals surface area contributed by atoms with E-state index in [0.29, 0.717) is 24.4 Å². The molecule has 1 atom stereocenters. The minimum Gasteiger partial charge on any atom is -0.444 e. The molecule has 3 rings (SSSR count). The van der Waals surface area contributed by atoms with Gasteiger partial charge in [0, 0.05) is 17.7 Å². The number of anilines is 1. The fourth-order valence-electron chi connectivity index (χ4n) is 3.05. The lowest BCUT2D eigenvalue weighted by molar-refractivity contribution is -0.140. The quantitative estimate of drug-likeness (QED) is 0.883. The summed E-state index contributed by atoms with van der Waals surface area (Å²) in [5, 5.41) is 2.62. The maximum absolute atomic E-state index is 13.9. The van der Waals surface area contributed by atoms with Crippen LogP contribution in [0.2, 0.25) is 0 Å². The fraction of sp³-hybridized carbons (Fsp3) is 0.444. The van der Waals surface area contributed by atoms with Gasteiger partial charge in [0.15, 0.2) is 0 Å². The summed E-state index contributed by atoms with van der Waals surface area (Å²) in [5.41, 5.74) is 2.88. The van der Waals surface area contributed by atoms with Crippen molar-refractivity contribution in [1.82, 2.24) is 4.98 Å². The molecule has 1 aromatic carbocycles. The van der Waals surface area contributed by atoms with Crippen molar-refractivity contribution in [2.24, 2.45) is 5.92 Å². The van der Waals surface area contributed by atoms with Crippen molar-refractivity contribution in [2.45, 2.75) is 45.5 Å². The summed E-state index contributed by atoms with van der Waals surface area (Å²) < 4.78 is 33.3. The third-order valence-electron chi connectivity index (χ3n) is 4.43. The second kappa shape index (κ2) is 6.34. The van der Waals surface area contributed by atoms with Crippen LogP contribution in [0.3, 0.4) is 0 Å². The first-order chi connectivity index (χ1) is 11.4. The molecule has 1 N–H and O–H groups in total. The Kier molecular flexibility index (Phi) is 4.39. The maximum Gasteiger partial charge on any atom is 0.259 e. The second-order valence-electron chi connectivity index (χ2n) is 6.37. The predicted molar refractivity (Wildman–Crippen MR) is 86.9 cm³/mol. The number of aromatic nitrogens is 1. The highest BCUT2D eigenvalue weighted by molar-refractivity contribution is 5.94. The molecule has 1 heterocycles. The van der Waals surface area contributed by atoms with Crippen LogP contribution in [0.1, 0.15) is 36.9 Å². The Hall–Kier alpha value is -2.24. The highest BCUT2D eigenvalue weighted by atomic mass is 19.3. The number of halogens is 2. The average molecular weight is 334 g/mol. The summed E-state index contributed by atoms with van der Waals surface area (Å²) in [7, 11) is 0. The van der Waals surface area contributed by atoms with Crippen molar-refractivity contribution in [2.75, 3.05) is 5.32 Å². The van der Waals surface area contributed by atoms with E-state index in [0.717, 1.165) is 16.8 Å². The van der Waals surface area contributed by atoms with E-state index in [4.69, 9.17) is 4.42 Å². The first-order valence-electron chi connectivity index (χ1n) is 8.08. The summed E-state index contributed by atoms with van der Waals surface area (Å²) in [6.45, 7) is 3.72. The SMILES string of the molecule is Cc1coc(-c2cc(NC(=O)[C@@H]3CCCCC3(F)F)ccc2C)n1. The van der Waals surface area contributed by atoms with Gasteiger partial charge in [-0.2, -0.15) is 0 Å². The van der Waals surface area contributed by atoms with Crippen LogP contribution < -0.4 is 5.32 Å². The number of nitrogens with one attached hydrogen (secondary N) is 1. The first-order valence-corrected chi connectivity index (χ1v) is 8.08. The molecule has 1 aromatic heterocycles. The Morgan fingerprint density at radius 3 is 2.79 bits per heavy atom. The molecule has 24 heavy (non-hydrogen) atoms. The number of carbonyl (C=O) groups excluding carboxylic acids is 1. The zero-order chi connectivity index (χ0) is 17.3. The highest BCUT2D eigenvalue weighted by Crippen LogP contribution is 2.39. The summed E-state index contributed by atoms with van der Waals surface area (Å²) >= 11 is 0. The molecule has 1 fully saturated rings. The smallest absolute Gasteiger partial charge is 0.259 e. The van der Waals surface area contributed by atoms with Crippen LogP contribution in [0, 0.1) is 19.8 Å². The molecule has 2 aromatic rings. The molecule has 0 spiro atoms. The molecule has 0 saturated heterocycles. The van der Waals surface area contributed by atoms with Crippen molar-refractivity contribution in [3.63, 3.8) is 0 Å². The van der Waals surface area contributed by atoms with E-state index in [-0.39, 0.29) is 12.8 Å². The van der Waals surface area contributed by atoms with Crippen LogP contribution >= 0.6 is 0 Å². The Labute approximate surface area is 139 Å². The molecule has 1 aliphatic carbocycles. The summed E-state index contributed by atoms with van der Waals surface area (Å²) in [5.74, 6) is -4.38. The van der Waals surface area contributed by atoms with E-state index >= 15 is 0 Å². The van der Waals surface area contributed by atoms with Crippen molar-refractivity contribution in [3.8, 4) is 11.5 Å². The zero-order valence-corrected chi connectivity index (χ0v) is 13.7. The van der Waals surface area contributed by atoms with E-state index in [1.54, 1.807) is 18.4 Å². The molecular formula is C18H20F2N2O2. The fourth-order valence-corrected chi connectivity index (χ4v) is 3.05. The van der Waals surface area contributed by atoms with E-state index in [1.165, 1.54) is 0 Å². The lowest BCUT2D eigenvalue weighted by atomic mass is 9.85. The Bertz CT molecular complexity index is 755. The molecule has 1 saturated carbocycles. The number of oxazole rings is 1. The predicted octanol–water partition coefficient (Wildman–Crippen LogP) is 4.72. The van der Waals surface area contributed by atoms with Gasteiger partial charge in [-0.15, -0.1) is 0 Å². The van der Waals surface area contributed by atoms with Crippen molar-refractivity contribution < 1.29 is 18.0 Å². The standard InChI is InChI=1S/C18H20F2N2O2/c1-11-6-7-13(9-14(11)17-21-12(2)10-24-17)22-16(23)15-5-3-4-8-18(15,19)20/h6-7,9-10,15H,3-5,8H2,1-2H3,(H,22,23)/t15-/m0/s1. The van der Waals surface area contributed by atoms with Gasteiger partial charge in [-0.25, -0.2) is 13.8 Å². The molecule has 1 aliphatic rings. The molecule has 128 valence electrons. The molecule has 0 bridgehead atoms. The molecular weight excluding hydrogens is 314 g/mol. The Morgan fingerprint density at radius 2 is 2.12 bits per heavy atom. The lowest BCUT2D eigenvalue weighted by Crippen LogP contribution is -2.40. The van der Waals surface area contributed by atoms with Crippen LogP contribution in [-0.4, -0.2) is 16.8 Å². The number of aryl methyl sites for hydroxylation is 2. The average Bonchev–Trinajstić information content (AvgIpc) is 2.95. The number of hydrogen-bond acceptors (Lipinski definition) is 3. The number of alkyl halides is 2. The lowest BCUT2D eigenvalue weighted by Gasteiger charge is -2.30. The number of hydrogen-bond donors (Lipinski definition) is 1. The van der Waals surface area contributed by atoms with E-state index in [2.05, 4.69) is 10.3 Å². The van der Waals surface area contributed by atoms with Gasteiger partial charge in [0.05, 0.1) is 5.69 Å². The number of rotatable bonds is 3. The zero-order valence-electron chi connectivity index (χ0n) is 13.7. The topological polar surface area (TPSA) is 55.1 Å². The third kappa shape index (κ3) is 3.32. The van der Waals surface area contributed by atoms with Gasteiger partial charge in [-0.1, -0.05) is 12.5 Å². The molecule has 4 nitrogen and oxygen atoms in total. The normalized spacial score (nSPS) is 19.9. The van der Waals surface area contributed by atoms with Gasteiger partial charge in [-0.05, 0) is 44.4 Å². The largest absolute Gasteiger partial charge is 0.444 e. The molecule has 0 aliphatic heterocycles. The van der Waals surface area contributed by atoms with Gasteiger partial charge in [0.2, 0.25) is 11.8 Å². The second-order valence-corrected chi connectivity index (χ2v) is 6.37. The third-order valence-corrected chi connectivity index (χ3v) is 4.43. The van der Waals surface area contributed by atoms with Gasteiger partial charge in [0.25, 0.3) is 5.92 Å². The molecule has 6 heteroatoms. The van der Waals surface area contributed by atoms with Gasteiger partial charge in [0.1, 0.15) is 12.2 Å². The van der Waals surface area contributed by atoms with Crippen molar-refractivity contribution in [3.05, 3.63) is 35.7 Å². The van der Waals surface area contributed by atoms with Crippen LogP contribution in [0.15, 0.2) is 28.9 Å². The van der Waals surface area contributed by atoms with Crippen molar-refractivity contribution >= 4 is 11.6 Å². The molecule has 1 amide bonds. The van der Waals surface area contributed by atoms with Crippen molar-refractivity contribution in [1.29, 1.82) is 0 Å². The number of carbonyl (C=O) groups is 1. The number of benzene rings is 1. The Morgan fingerprint density at radius 1 is 1.33 bits per heavy atom. The van der Waals surface area contributed by atoms with Gasteiger partial charge < -0.3 is 9.73 Å². The summed E-state index contributed by atoms with van der Waals surface area (Å²) in [6.07, 6.45) is 2.66.